The Labute approximate surface area is 357 Å². The fourth-order valence-electron chi connectivity index (χ4n) is 7.44. The Morgan fingerprint density at radius 3 is 1.58 bits per heavy atom. The summed E-state index contributed by atoms with van der Waals surface area (Å²) in [6, 6.07) is 0. The van der Waals surface area contributed by atoms with Gasteiger partial charge in [0.25, 0.3) is 0 Å². The van der Waals surface area contributed by atoms with Crippen molar-refractivity contribution in [2.24, 2.45) is 17.8 Å². The molecule has 0 aromatic rings. The molecule has 0 aliphatic heterocycles. The number of hydrogen-bond acceptors (Lipinski definition) is 1. The minimum atomic E-state index is 0. The Balaban J connectivity index is -0.000000795. The Bertz CT molecular complexity index is 671. The molecule has 0 bridgehead atoms. The van der Waals surface area contributed by atoms with Crippen LogP contribution >= 0.6 is 0 Å². The van der Waals surface area contributed by atoms with E-state index in [9.17, 15) is 0 Å². The van der Waals surface area contributed by atoms with Crippen molar-refractivity contribution in [2.75, 3.05) is 20.6 Å². The molecule has 3 atom stereocenters. The molecule has 0 heterocycles. The molecule has 309 valence electrons. The predicted molar refractivity (Wildman–Crippen MR) is 238 cm³/mol. The van der Waals surface area contributed by atoms with E-state index in [1.807, 2.05) is 14.1 Å². The first-order valence-corrected chi connectivity index (χ1v) is 23.4. The van der Waals surface area contributed by atoms with Crippen LogP contribution in [0.1, 0.15) is 246 Å². The predicted octanol–water partition coefficient (Wildman–Crippen LogP) is 17.5. The van der Waals surface area contributed by atoms with Crippen LogP contribution in [0.25, 0.3) is 0 Å². The van der Waals surface area contributed by atoms with Crippen molar-refractivity contribution < 1.29 is 32.7 Å². The quantitative estimate of drug-likeness (QED) is 0.0344. The zero-order valence-electron chi connectivity index (χ0n) is 37.3. The summed E-state index contributed by atoms with van der Waals surface area (Å²) in [5.41, 5.74) is 1.51. The van der Waals surface area contributed by atoms with Crippen LogP contribution in [0.15, 0.2) is 24.8 Å². The second kappa shape index (κ2) is 47.7. The van der Waals surface area contributed by atoms with Gasteiger partial charge < -0.3 is 18.2 Å². The van der Waals surface area contributed by atoms with E-state index >= 15 is 0 Å². The van der Waals surface area contributed by atoms with Gasteiger partial charge in [-0.15, -0.1) is 6.58 Å². The third-order valence-corrected chi connectivity index (χ3v) is 11.0. The second-order valence-electron chi connectivity index (χ2n) is 16.8. The first kappa shape index (κ1) is 56.9. The number of nitrogens with zero attached hydrogens (tertiary/aromatic N) is 1. The van der Waals surface area contributed by atoms with Gasteiger partial charge in [-0.25, -0.2) is 0 Å². The van der Waals surface area contributed by atoms with Crippen LogP contribution in [0.5, 0.6) is 0 Å². The molecule has 52 heavy (non-hydrogen) atoms. The van der Waals surface area contributed by atoms with Crippen molar-refractivity contribution in [3.63, 3.8) is 0 Å². The van der Waals surface area contributed by atoms with E-state index in [1.54, 1.807) is 0 Å². The van der Waals surface area contributed by atoms with Gasteiger partial charge in [0, 0.05) is 32.7 Å². The van der Waals surface area contributed by atoms with Crippen LogP contribution in [-0.2, 0) is 32.7 Å². The molecule has 0 amide bonds. The van der Waals surface area contributed by atoms with Crippen LogP contribution in [-0.4, -0.2) is 25.5 Å². The van der Waals surface area contributed by atoms with Crippen LogP contribution in [0.3, 0.4) is 0 Å². The fourth-order valence-corrected chi connectivity index (χ4v) is 7.44. The van der Waals surface area contributed by atoms with E-state index in [1.165, 1.54) is 217 Å². The van der Waals surface area contributed by atoms with Gasteiger partial charge in [0.15, 0.2) is 0 Å². The van der Waals surface area contributed by atoms with Crippen LogP contribution in [0.4, 0.5) is 0 Å². The van der Waals surface area contributed by atoms with Crippen molar-refractivity contribution in [1.29, 1.82) is 0 Å². The van der Waals surface area contributed by atoms with Crippen molar-refractivity contribution in [2.45, 2.75) is 246 Å². The minimum absolute atomic E-state index is 0. The molecule has 0 saturated heterocycles. The summed E-state index contributed by atoms with van der Waals surface area (Å²) < 4.78 is 0. The van der Waals surface area contributed by atoms with Crippen LogP contribution in [0.2, 0.25) is 0 Å². The molecule has 1 nitrogen and oxygen atoms in total. The number of unbranched alkanes of at least 4 members (excludes halogenated alkanes) is 23. The van der Waals surface area contributed by atoms with E-state index in [2.05, 4.69) is 65.2 Å². The summed E-state index contributed by atoms with van der Waals surface area (Å²) in [7, 11) is 4.09. The molecule has 1 saturated carbocycles. The Kier molecular flexibility index (Phi) is 52.2. The maximum atomic E-state index is 4.27. The van der Waals surface area contributed by atoms with E-state index in [0.29, 0.717) is 0 Å². The third-order valence-electron chi connectivity index (χ3n) is 11.0. The molecule has 1 radical (unpaired) electrons. The van der Waals surface area contributed by atoms with Crippen molar-refractivity contribution in [3.05, 3.63) is 38.2 Å². The number of rotatable bonds is 37. The molecule has 0 N–H and O–H groups in total. The van der Waals surface area contributed by atoms with Gasteiger partial charge in [0.2, 0.25) is 0 Å². The van der Waals surface area contributed by atoms with Gasteiger partial charge in [0.1, 0.15) is 0 Å². The summed E-state index contributed by atoms with van der Waals surface area (Å²) in [5, 5.41) is 0. The molecule has 0 spiro atoms. The topological polar surface area (TPSA) is 3.24 Å². The molecule has 1 fully saturated rings. The van der Waals surface area contributed by atoms with Gasteiger partial charge in [-0.05, 0) is 83.3 Å². The van der Waals surface area contributed by atoms with Gasteiger partial charge >= 0.3 is 0 Å². The van der Waals surface area contributed by atoms with E-state index in [0.717, 1.165) is 30.7 Å². The molecule has 2 heteroatoms. The zero-order chi connectivity index (χ0) is 38.0. The fraction of sp³-hybridized carbons (Fsp3) is 0.880. The van der Waals surface area contributed by atoms with Gasteiger partial charge in [-0.1, -0.05) is 200 Å². The Hall–Kier alpha value is 0.544. The van der Waals surface area contributed by atoms with E-state index in [-0.39, 0.29) is 32.7 Å². The standard InChI is InChI=1S/C25H49.C20H38.C5H12N.Y/c1-4-6-8-10-11-12-13-14-15-16-17-18-20-22-24-25(3)23-21-19-9-7-5-2;1-4-7-9-10-11-12-14-18(13-6-3)16-20-17-19(20)15-8-5-2;1-4-5-6(2)3;/h10H,3-9,11-24H2,1-2H3;6,18-20H,3-5,7-17H2,1-2H3;1,4-5H2,2-3H3;/q-1;;-1;. The maximum Gasteiger partial charge on any atom is 0 e. The molecule has 0 aromatic heterocycles. The van der Waals surface area contributed by atoms with Gasteiger partial charge in [0.05, 0.1) is 0 Å². The normalized spacial score (nSPS) is 15.2. The first-order valence-electron chi connectivity index (χ1n) is 23.4. The summed E-state index contributed by atoms with van der Waals surface area (Å²) in [4.78, 5) is 2.12. The molecular formula is C50H99NY-2. The average molecular weight is 803 g/mol. The molecule has 3 unspecified atom stereocenters. The van der Waals surface area contributed by atoms with Crippen molar-refractivity contribution in [1.82, 2.24) is 4.90 Å². The average Bonchev–Trinajstić information content (AvgIpc) is 3.86. The number of allylic oxidation sites excluding steroid dienone is 2. The van der Waals surface area contributed by atoms with Crippen molar-refractivity contribution in [3.8, 4) is 0 Å². The van der Waals surface area contributed by atoms with Crippen LogP contribution < -0.4 is 0 Å². The zero-order valence-corrected chi connectivity index (χ0v) is 40.1. The molecule has 1 aliphatic rings. The summed E-state index contributed by atoms with van der Waals surface area (Å²) in [6.07, 6.45) is 52.2. The van der Waals surface area contributed by atoms with E-state index < -0.39 is 0 Å². The van der Waals surface area contributed by atoms with Gasteiger partial charge in [-0.2, -0.15) is 19.3 Å². The molecule has 0 aromatic carbocycles. The molecular weight excluding hydrogens is 703 g/mol. The SMILES string of the molecule is C=C(CCCCCCC)CCCCCCCCCCC[CH-]CCCC.C=CCC(CCCCCCCC)CC1CC1CCCC.[CH2-]CCN(C)C.[Y]. The molecule has 1 aliphatic carbocycles. The summed E-state index contributed by atoms with van der Waals surface area (Å²) in [5.74, 6) is 3.11. The number of hydrogen-bond donors (Lipinski definition) is 0. The molecule has 1 rings (SSSR count). The van der Waals surface area contributed by atoms with Gasteiger partial charge in [-0.3, -0.25) is 0 Å². The largest absolute Gasteiger partial charge is 0.342 e. The Morgan fingerprint density at radius 1 is 0.654 bits per heavy atom. The second-order valence-corrected chi connectivity index (χ2v) is 16.8. The first-order chi connectivity index (χ1) is 24.9. The third kappa shape index (κ3) is 46.7. The van der Waals surface area contributed by atoms with Crippen LogP contribution in [0, 0.1) is 31.1 Å². The maximum absolute atomic E-state index is 4.27. The smallest absolute Gasteiger partial charge is 0 e. The van der Waals surface area contributed by atoms with E-state index in [4.69, 9.17) is 0 Å². The van der Waals surface area contributed by atoms with Crippen molar-refractivity contribution >= 4 is 0 Å². The monoisotopic (exact) mass is 803 g/mol. The summed E-state index contributed by atoms with van der Waals surface area (Å²) >= 11 is 0. The minimum Gasteiger partial charge on any atom is -0.342 e. The Morgan fingerprint density at radius 2 is 1.12 bits per heavy atom. The summed E-state index contributed by atoms with van der Waals surface area (Å²) in [6.45, 7) is 22.2.